The monoisotopic (exact) mass is 433 g/mol. The summed E-state index contributed by atoms with van der Waals surface area (Å²) in [6, 6.07) is -2.15. The summed E-state index contributed by atoms with van der Waals surface area (Å²) in [6.45, 7) is 7.05. The van der Waals surface area contributed by atoms with Gasteiger partial charge in [0.2, 0.25) is 5.91 Å². The van der Waals surface area contributed by atoms with Crippen molar-refractivity contribution < 1.29 is 23.9 Å². The normalized spacial score (nSPS) is 31.0. The van der Waals surface area contributed by atoms with Gasteiger partial charge >= 0.3 is 12.0 Å². The highest BCUT2D eigenvalue weighted by Gasteiger charge is 2.57. The van der Waals surface area contributed by atoms with Crippen LogP contribution in [0.1, 0.15) is 85.5 Å². The topological polar surface area (TPSA) is 96.0 Å². The second-order valence-corrected chi connectivity index (χ2v) is 10.7. The maximum atomic E-state index is 13.7. The average Bonchev–Trinajstić information content (AvgIpc) is 3.36. The summed E-state index contributed by atoms with van der Waals surface area (Å²) in [5.41, 5.74) is -1.50. The fourth-order valence-corrected chi connectivity index (χ4v) is 5.99. The number of esters is 1. The maximum absolute atomic E-state index is 13.7. The van der Waals surface area contributed by atoms with Crippen LogP contribution in [0.5, 0.6) is 0 Å². The van der Waals surface area contributed by atoms with E-state index in [1.165, 1.54) is 0 Å². The molecule has 0 bridgehead atoms. The Balaban J connectivity index is 1.58. The van der Waals surface area contributed by atoms with Crippen molar-refractivity contribution in [3.8, 4) is 0 Å². The Morgan fingerprint density at radius 1 is 1.10 bits per heavy atom. The second-order valence-electron chi connectivity index (χ2n) is 10.7. The molecule has 0 aromatic heterocycles. The van der Waals surface area contributed by atoms with Gasteiger partial charge in [-0.3, -0.25) is 9.59 Å². The van der Waals surface area contributed by atoms with E-state index in [9.17, 15) is 19.2 Å². The molecule has 2 aliphatic carbocycles. The number of carbonyl (C=O) groups excluding carboxylic acids is 4. The Labute approximate surface area is 184 Å². The van der Waals surface area contributed by atoms with Crippen molar-refractivity contribution >= 4 is 23.8 Å². The molecule has 8 nitrogen and oxygen atoms in total. The smallest absolute Gasteiger partial charge is 0.329 e. The van der Waals surface area contributed by atoms with Gasteiger partial charge in [0.1, 0.15) is 23.2 Å². The highest BCUT2D eigenvalue weighted by atomic mass is 16.6. The van der Waals surface area contributed by atoms with E-state index >= 15 is 0 Å². The van der Waals surface area contributed by atoms with Crippen molar-refractivity contribution in [3.05, 3.63) is 0 Å². The quantitative estimate of drug-likeness (QED) is 0.545. The Morgan fingerprint density at radius 2 is 1.74 bits per heavy atom. The SMILES string of the molecule is CC(C(=O)N1C(C(=O)OC(C)(C)C)CC2CCCCC21)N1C(=O)NC2(CCCC2)C1=O. The third-order valence-electron chi connectivity index (χ3n) is 7.42. The summed E-state index contributed by atoms with van der Waals surface area (Å²) in [4.78, 5) is 55.4. The molecule has 4 fully saturated rings. The molecule has 2 saturated heterocycles. The maximum Gasteiger partial charge on any atom is 0.329 e. The van der Waals surface area contributed by atoms with Crippen LogP contribution in [0.4, 0.5) is 4.79 Å². The van der Waals surface area contributed by atoms with Crippen LogP contribution in [0.3, 0.4) is 0 Å². The predicted octanol–water partition coefficient (Wildman–Crippen LogP) is 2.74. The zero-order valence-electron chi connectivity index (χ0n) is 19.1. The fraction of sp³-hybridized carbons (Fsp3) is 0.826. The number of ether oxygens (including phenoxy) is 1. The van der Waals surface area contributed by atoms with E-state index < -0.39 is 35.2 Å². The van der Waals surface area contributed by atoms with Gasteiger partial charge in [-0.05, 0) is 65.7 Å². The lowest BCUT2D eigenvalue weighted by Gasteiger charge is -2.37. The van der Waals surface area contributed by atoms with Crippen LogP contribution in [0, 0.1) is 5.92 Å². The Bertz CT molecular complexity index is 783. The van der Waals surface area contributed by atoms with Crippen molar-refractivity contribution in [3.63, 3.8) is 0 Å². The summed E-state index contributed by atoms with van der Waals surface area (Å²) in [7, 11) is 0. The number of likely N-dealkylation sites (tertiary alicyclic amines) is 1. The molecule has 2 aliphatic heterocycles. The number of fused-ring (bicyclic) bond motifs is 1. The first-order valence-electron chi connectivity index (χ1n) is 11.7. The van der Waals surface area contributed by atoms with E-state index in [1.807, 2.05) is 20.8 Å². The molecule has 4 rings (SSSR count). The van der Waals surface area contributed by atoms with Crippen LogP contribution in [0.25, 0.3) is 0 Å². The van der Waals surface area contributed by atoms with Gasteiger partial charge in [-0.25, -0.2) is 14.5 Å². The third-order valence-corrected chi connectivity index (χ3v) is 7.42. The van der Waals surface area contributed by atoms with Crippen LogP contribution in [0.15, 0.2) is 0 Å². The van der Waals surface area contributed by atoms with Gasteiger partial charge in [0, 0.05) is 6.04 Å². The van der Waals surface area contributed by atoms with Gasteiger partial charge in [0.25, 0.3) is 5.91 Å². The van der Waals surface area contributed by atoms with Crippen LogP contribution in [-0.2, 0) is 19.1 Å². The number of imide groups is 1. The number of carbonyl (C=O) groups is 4. The van der Waals surface area contributed by atoms with E-state index in [1.54, 1.807) is 11.8 Å². The number of hydrogen-bond acceptors (Lipinski definition) is 5. The minimum absolute atomic E-state index is 0.0394. The first-order valence-corrected chi connectivity index (χ1v) is 11.7. The molecular formula is C23H35N3O5. The molecule has 0 radical (unpaired) electrons. The van der Waals surface area contributed by atoms with Crippen molar-refractivity contribution in [1.29, 1.82) is 0 Å². The number of nitrogens with one attached hydrogen (secondary N) is 1. The molecule has 31 heavy (non-hydrogen) atoms. The molecule has 0 aromatic carbocycles. The van der Waals surface area contributed by atoms with E-state index in [4.69, 9.17) is 4.74 Å². The molecule has 172 valence electrons. The highest BCUT2D eigenvalue weighted by Crippen LogP contribution is 2.42. The predicted molar refractivity (Wildman–Crippen MR) is 113 cm³/mol. The average molecular weight is 434 g/mol. The van der Waals surface area contributed by atoms with Crippen LogP contribution in [0.2, 0.25) is 0 Å². The molecule has 4 unspecified atom stereocenters. The number of hydrogen-bond donors (Lipinski definition) is 1. The van der Waals surface area contributed by atoms with Crippen molar-refractivity contribution in [1.82, 2.24) is 15.1 Å². The van der Waals surface area contributed by atoms with E-state index in [2.05, 4.69) is 5.32 Å². The lowest BCUT2D eigenvalue weighted by Crippen LogP contribution is -2.56. The van der Waals surface area contributed by atoms with Gasteiger partial charge in [-0.15, -0.1) is 0 Å². The van der Waals surface area contributed by atoms with Gasteiger partial charge in [0.05, 0.1) is 0 Å². The molecule has 1 N–H and O–H groups in total. The molecule has 2 heterocycles. The van der Waals surface area contributed by atoms with E-state index in [0.29, 0.717) is 19.3 Å². The minimum atomic E-state index is -0.946. The Hall–Kier alpha value is -2.12. The number of amides is 4. The lowest BCUT2D eigenvalue weighted by molar-refractivity contribution is -0.165. The first kappa shape index (κ1) is 22.1. The summed E-state index contributed by atoms with van der Waals surface area (Å²) in [5, 5.41) is 2.85. The Morgan fingerprint density at radius 3 is 2.39 bits per heavy atom. The summed E-state index contributed by atoms with van der Waals surface area (Å²) in [6.07, 6.45) is 7.51. The summed E-state index contributed by atoms with van der Waals surface area (Å²) < 4.78 is 5.64. The van der Waals surface area contributed by atoms with Crippen LogP contribution in [-0.4, -0.2) is 62.9 Å². The molecule has 8 heteroatoms. The van der Waals surface area contributed by atoms with Gasteiger partial charge in [-0.2, -0.15) is 0 Å². The summed E-state index contributed by atoms with van der Waals surface area (Å²) in [5.74, 6) is -0.772. The molecule has 1 spiro atoms. The highest BCUT2D eigenvalue weighted by molar-refractivity contribution is 6.10. The molecular weight excluding hydrogens is 398 g/mol. The van der Waals surface area contributed by atoms with Crippen LogP contribution >= 0.6 is 0 Å². The van der Waals surface area contributed by atoms with Crippen molar-refractivity contribution in [2.75, 3.05) is 0 Å². The Kier molecular flexibility index (Phi) is 5.54. The van der Waals surface area contributed by atoms with E-state index in [-0.39, 0.29) is 23.8 Å². The van der Waals surface area contributed by atoms with E-state index in [0.717, 1.165) is 43.4 Å². The van der Waals surface area contributed by atoms with Gasteiger partial charge in [0.15, 0.2) is 0 Å². The largest absolute Gasteiger partial charge is 0.458 e. The molecule has 4 aliphatic rings. The molecule has 2 saturated carbocycles. The minimum Gasteiger partial charge on any atom is -0.458 e. The standard InChI is InChI=1S/C23H35N3O5/c1-14(25-20(29)23(24-21(25)30)11-7-8-12-23)18(27)26-16-10-6-5-9-15(16)13-17(26)19(28)31-22(2,3)4/h14-17H,5-13H2,1-4H3,(H,24,30). The number of urea groups is 1. The number of nitrogens with zero attached hydrogens (tertiary/aromatic N) is 2. The van der Waals surface area contributed by atoms with Crippen molar-refractivity contribution in [2.24, 2.45) is 5.92 Å². The van der Waals surface area contributed by atoms with Gasteiger partial charge < -0.3 is 15.0 Å². The van der Waals surface area contributed by atoms with Gasteiger partial charge in [-0.1, -0.05) is 25.7 Å². The molecule has 4 amide bonds. The fourth-order valence-electron chi connectivity index (χ4n) is 5.99. The first-order chi connectivity index (χ1) is 14.5. The lowest BCUT2D eigenvalue weighted by atomic mass is 9.84. The zero-order valence-corrected chi connectivity index (χ0v) is 19.1. The second kappa shape index (κ2) is 7.78. The van der Waals surface area contributed by atoms with Crippen molar-refractivity contribution in [2.45, 2.75) is 115 Å². The zero-order chi connectivity index (χ0) is 22.6. The third kappa shape index (κ3) is 3.82. The molecule has 0 aromatic rings. The molecule has 4 atom stereocenters. The van der Waals surface area contributed by atoms with Crippen LogP contribution < -0.4 is 5.32 Å². The summed E-state index contributed by atoms with van der Waals surface area (Å²) >= 11 is 0. The number of rotatable bonds is 3.